The number of sulfonamides is 1. The maximum Gasteiger partial charge on any atom is 0.411 e. The summed E-state index contributed by atoms with van der Waals surface area (Å²) in [6, 6.07) is 13.5. The number of pyridine rings is 1. The van der Waals surface area contributed by atoms with Gasteiger partial charge in [0.05, 0.1) is 16.1 Å². The first-order valence-corrected chi connectivity index (χ1v) is 13.1. The molecule has 4 N–H and O–H groups in total. The number of alkyl halides is 3. The van der Waals surface area contributed by atoms with Crippen LogP contribution in [0.2, 0.25) is 0 Å². The van der Waals surface area contributed by atoms with Gasteiger partial charge in [-0.1, -0.05) is 12.1 Å². The molecule has 0 bridgehead atoms. The maximum absolute atomic E-state index is 13.8. The van der Waals surface area contributed by atoms with E-state index in [1.165, 1.54) is 30.3 Å². The molecule has 0 atom stereocenters. The zero-order chi connectivity index (χ0) is 27.3. The van der Waals surface area contributed by atoms with Crippen LogP contribution < -0.4 is 15.8 Å². The van der Waals surface area contributed by atoms with E-state index < -0.39 is 27.6 Å². The summed E-state index contributed by atoms with van der Waals surface area (Å²) in [5, 5.41) is 10.8. The average Bonchev–Trinajstić information content (AvgIpc) is 3.64. The lowest BCUT2D eigenvalue weighted by Gasteiger charge is -2.22. The average molecular weight is 547 g/mol. The van der Waals surface area contributed by atoms with Crippen molar-refractivity contribution in [3.05, 3.63) is 71.5 Å². The molecular formula is C25H22F4N6O2S. The van der Waals surface area contributed by atoms with Crippen LogP contribution in [-0.4, -0.2) is 35.1 Å². The van der Waals surface area contributed by atoms with Crippen LogP contribution in [0.25, 0.3) is 22.3 Å². The van der Waals surface area contributed by atoms with Crippen LogP contribution in [0.4, 0.5) is 29.3 Å². The molecule has 0 saturated heterocycles. The van der Waals surface area contributed by atoms with Gasteiger partial charge in [0, 0.05) is 12.1 Å². The SMILES string of the molecule is Cc1ccc(CNc2nc(NC3(C(F)(F)F)CC3)c3nc(-c4ccc(F)cc4)ccc3n2)c(S(N)(=O)=O)c1. The fourth-order valence-corrected chi connectivity index (χ4v) is 4.90. The molecule has 1 aliphatic carbocycles. The molecule has 2 heterocycles. The Labute approximate surface area is 215 Å². The normalized spacial score (nSPS) is 14.9. The fourth-order valence-electron chi connectivity index (χ4n) is 4.04. The Bertz CT molecular complexity index is 1640. The molecule has 4 aromatic rings. The van der Waals surface area contributed by atoms with E-state index in [1.54, 1.807) is 31.2 Å². The summed E-state index contributed by atoms with van der Waals surface area (Å²) < 4.78 is 78.8. The lowest BCUT2D eigenvalue weighted by Crippen LogP contribution is -2.39. The van der Waals surface area contributed by atoms with Gasteiger partial charge in [-0.05, 0) is 73.4 Å². The van der Waals surface area contributed by atoms with Gasteiger partial charge in [-0.3, -0.25) is 0 Å². The van der Waals surface area contributed by atoms with E-state index in [-0.39, 0.29) is 47.1 Å². The van der Waals surface area contributed by atoms with E-state index in [1.807, 2.05) is 0 Å². The predicted molar refractivity (Wildman–Crippen MR) is 134 cm³/mol. The van der Waals surface area contributed by atoms with Gasteiger partial charge in [-0.15, -0.1) is 0 Å². The van der Waals surface area contributed by atoms with Crippen molar-refractivity contribution < 1.29 is 26.0 Å². The topological polar surface area (TPSA) is 123 Å². The quantitative estimate of drug-likeness (QED) is 0.282. The molecule has 1 saturated carbocycles. The molecule has 198 valence electrons. The van der Waals surface area contributed by atoms with Crippen LogP contribution in [0.15, 0.2) is 59.5 Å². The molecule has 38 heavy (non-hydrogen) atoms. The third kappa shape index (κ3) is 5.11. The summed E-state index contributed by atoms with van der Waals surface area (Å²) in [7, 11) is -4.02. The Balaban J connectivity index is 1.55. The Morgan fingerprint density at radius 2 is 1.71 bits per heavy atom. The van der Waals surface area contributed by atoms with E-state index in [2.05, 4.69) is 25.6 Å². The van der Waals surface area contributed by atoms with Crippen molar-refractivity contribution in [1.82, 2.24) is 15.0 Å². The third-order valence-corrected chi connectivity index (χ3v) is 7.29. The highest BCUT2D eigenvalue weighted by Gasteiger charge is 2.64. The first-order chi connectivity index (χ1) is 17.8. The summed E-state index contributed by atoms with van der Waals surface area (Å²) in [5.74, 6) is -0.599. The van der Waals surface area contributed by atoms with Gasteiger partial charge >= 0.3 is 6.18 Å². The van der Waals surface area contributed by atoms with Crippen molar-refractivity contribution in [2.24, 2.45) is 5.14 Å². The van der Waals surface area contributed by atoms with Crippen molar-refractivity contribution in [1.29, 1.82) is 0 Å². The largest absolute Gasteiger partial charge is 0.411 e. The molecule has 1 fully saturated rings. The number of nitrogens with zero attached hydrogens (tertiary/aromatic N) is 3. The number of fused-ring (bicyclic) bond motifs is 1. The number of aromatic nitrogens is 3. The molecule has 2 aromatic heterocycles. The highest BCUT2D eigenvalue weighted by molar-refractivity contribution is 7.89. The van der Waals surface area contributed by atoms with Crippen molar-refractivity contribution in [2.75, 3.05) is 10.6 Å². The van der Waals surface area contributed by atoms with Crippen molar-refractivity contribution in [3.63, 3.8) is 0 Å². The monoisotopic (exact) mass is 546 g/mol. The maximum atomic E-state index is 13.8. The fraction of sp³-hybridized carbons (Fsp3) is 0.240. The standard InChI is InChI=1S/C25H22F4N6O2S/c1-14-2-3-16(20(12-14)38(30,36)37)13-31-23-33-19-9-8-18(15-4-6-17(26)7-5-15)32-21(19)22(34-23)35-24(10-11-24)25(27,28)29/h2-9,12H,10-11,13H2,1H3,(H2,30,36,37)(H2,31,33,34,35). The molecule has 0 radical (unpaired) electrons. The zero-order valence-electron chi connectivity index (χ0n) is 20.0. The highest BCUT2D eigenvalue weighted by Crippen LogP contribution is 2.51. The molecule has 1 aliphatic rings. The van der Waals surface area contributed by atoms with Crippen LogP contribution >= 0.6 is 0 Å². The Morgan fingerprint density at radius 1 is 1.00 bits per heavy atom. The van der Waals surface area contributed by atoms with Crippen LogP contribution in [0.3, 0.4) is 0 Å². The molecule has 0 spiro atoms. The first kappa shape index (κ1) is 25.8. The van der Waals surface area contributed by atoms with E-state index in [0.29, 0.717) is 22.4 Å². The Hall–Kier alpha value is -3.84. The van der Waals surface area contributed by atoms with Gasteiger partial charge in [0.25, 0.3) is 0 Å². The summed E-state index contributed by atoms with van der Waals surface area (Å²) in [4.78, 5) is 13.1. The number of aryl methyl sites for hydroxylation is 1. The first-order valence-electron chi connectivity index (χ1n) is 11.5. The lowest BCUT2D eigenvalue weighted by molar-refractivity contribution is -0.151. The molecule has 5 rings (SSSR count). The number of halogens is 4. The predicted octanol–water partition coefficient (Wildman–Crippen LogP) is 4.91. The second-order valence-electron chi connectivity index (χ2n) is 9.18. The molecule has 0 aliphatic heterocycles. The van der Waals surface area contributed by atoms with Crippen molar-refractivity contribution in [2.45, 2.75) is 42.9 Å². The van der Waals surface area contributed by atoms with Gasteiger partial charge in [-0.25, -0.2) is 27.9 Å². The summed E-state index contributed by atoms with van der Waals surface area (Å²) in [5.41, 5.74) is 0.230. The summed E-state index contributed by atoms with van der Waals surface area (Å²) in [6.07, 6.45) is -4.76. The lowest BCUT2D eigenvalue weighted by atomic mass is 10.1. The number of nitrogens with one attached hydrogen (secondary N) is 2. The summed E-state index contributed by atoms with van der Waals surface area (Å²) >= 11 is 0. The zero-order valence-corrected chi connectivity index (χ0v) is 20.8. The minimum atomic E-state index is -4.52. The van der Waals surface area contributed by atoms with E-state index in [0.717, 1.165) is 0 Å². The van der Waals surface area contributed by atoms with Gasteiger partial charge in [0.1, 0.15) is 16.9 Å². The number of anilines is 2. The van der Waals surface area contributed by atoms with Gasteiger partial charge in [0.15, 0.2) is 5.82 Å². The highest BCUT2D eigenvalue weighted by atomic mass is 32.2. The number of nitrogens with two attached hydrogens (primary N) is 1. The summed E-state index contributed by atoms with van der Waals surface area (Å²) in [6.45, 7) is 1.67. The molecule has 2 aromatic carbocycles. The minimum absolute atomic E-state index is 0.0322. The second-order valence-corrected chi connectivity index (χ2v) is 10.7. The molecular weight excluding hydrogens is 524 g/mol. The van der Waals surface area contributed by atoms with Gasteiger partial charge < -0.3 is 10.6 Å². The number of hydrogen-bond acceptors (Lipinski definition) is 7. The smallest absolute Gasteiger partial charge is 0.354 e. The van der Waals surface area contributed by atoms with E-state index >= 15 is 0 Å². The molecule has 8 nitrogen and oxygen atoms in total. The van der Waals surface area contributed by atoms with Gasteiger partial charge in [-0.2, -0.15) is 18.2 Å². The van der Waals surface area contributed by atoms with Gasteiger partial charge in [0.2, 0.25) is 16.0 Å². The number of primary sulfonamides is 1. The minimum Gasteiger partial charge on any atom is -0.354 e. The third-order valence-electron chi connectivity index (χ3n) is 6.30. The second kappa shape index (κ2) is 9.17. The number of hydrogen-bond donors (Lipinski definition) is 3. The van der Waals surface area contributed by atoms with Crippen LogP contribution in [0, 0.1) is 12.7 Å². The van der Waals surface area contributed by atoms with Crippen molar-refractivity contribution >= 4 is 32.8 Å². The van der Waals surface area contributed by atoms with Crippen LogP contribution in [0.1, 0.15) is 24.0 Å². The molecule has 13 heteroatoms. The van der Waals surface area contributed by atoms with Crippen LogP contribution in [0.5, 0.6) is 0 Å². The van der Waals surface area contributed by atoms with E-state index in [4.69, 9.17) is 5.14 Å². The van der Waals surface area contributed by atoms with Crippen molar-refractivity contribution in [3.8, 4) is 11.3 Å². The number of benzene rings is 2. The van der Waals surface area contributed by atoms with E-state index in [9.17, 15) is 26.0 Å². The number of rotatable bonds is 7. The molecule has 0 amide bonds. The Kier molecular flexibility index (Phi) is 6.22. The molecule has 0 unspecified atom stereocenters. The Morgan fingerprint density at radius 3 is 2.34 bits per heavy atom. The van der Waals surface area contributed by atoms with Crippen LogP contribution in [-0.2, 0) is 16.6 Å².